The van der Waals surface area contributed by atoms with Crippen molar-refractivity contribution in [2.75, 3.05) is 93.7 Å². The van der Waals surface area contributed by atoms with Gasteiger partial charge in [-0.3, -0.25) is 0 Å². The quantitative estimate of drug-likeness (QED) is 0.0817. The number of benzene rings is 3. The molecular formula is C35H42ClN5O9. The van der Waals surface area contributed by atoms with E-state index in [1.807, 2.05) is 36.4 Å². The van der Waals surface area contributed by atoms with Crippen molar-refractivity contribution in [2.45, 2.75) is 0 Å². The summed E-state index contributed by atoms with van der Waals surface area (Å²) in [6, 6.07) is 14.9. The van der Waals surface area contributed by atoms with Crippen molar-refractivity contribution in [3.63, 3.8) is 0 Å². The molecule has 5 aromatic rings. The van der Waals surface area contributed by atoms with E-state index in [9.17, 15) is 0 Å². The lowest BCUT2D eigenvalue weighted by Crippen LogP contribution is -2.09. The Kier molecular flexibility index (Phi) is 15.8. The van der Waals surface area contributed by atoms with E-state index in [0.29, 0.717) is 97.7 Å². The number of anilines is 2. The van der Waals surface area contributed by atoms with Crippen LogP contribution < -0.4 is 29.0 Å². The minimum Gasteiger partial charge on any atom is -0.497 e. The number of nitrogens with zero attached hydrogens (tertiary/aromatic N) is 4. The first-order chi connectivity index (χ1) is 24.5. The molecule has 0 atom stereocenters. The van der Waals surface area contributed by atoms with Gasteiger partial charge in [0.05, 0.1) is 44.6 Å². The Hall–Kier alpha value is -4.73. The van der Waals surface area contributed by atoms with E-state index in [-0.39, 0.29) is 0 Å². The smallest absolute Gasteiger partial charge is 0.163 e. The van der Waals surface area contributed by atoms with Crippen LogP contribution in [0.2, 0.25) is 5.15 Å². The summed E-state index contributed by atoms with van der Waals surface area (Å²) in [5.41, 5.74) is 2.32. The minimum atomic E-state index is 0.375. The maximum absolute atomic E-state index is 6.08. The molecule has 2 aromatic heterocycles. The molecule has 0 fully saturated rings. The number of aromatic nitrogens is 4. The SMILES string of the molecule is COCCOc1cc2ncnc(Cl)c2cc1OCCOC.COCCOc1cc2ncnc(Nc3ccc(OC)cc3)c2cc1OCCOC. The van der Waals surface area contributed by atoms with Gasteiger partial charge in [0, 0.05) is 57.0 Å². The van der Waals surface area contributed by atoms with Crippen LogP contribution in [0.5, 0.6) is 28.7 Å². The summed E-state index contributed by atoms with van der Waals surface area (Å²) >= 11 is 6.08. The summed E-state index contributed by atoms with van der Waals surface area (Å²) in [6.07, 6.45) is 2.92. The van der Waals surface area contributed by atoms with Crippen LogP contribution in [-0.2, 0) is 18.9 Å². The molecule has 15 heteroatoms. The number of hydrogen-bond donors (Lipinski definition) is 1. The number of methoxy groups -OCH3 is 5. The Balaban J connectivity index is 0.000000237. The van der Waals surface area contributed by atoms with Gasteiger partial charge in [-0.15, -0.1) is 0 Å². The van der Waals surface area contributed by atoms with Crippen molar-refractivity contribution in [2.24, 2.45) is 0 Å². The number of nitrogens with one attached hydrogen (secondary N) is 1. The fraction of sp³-hybridized carbons (Fsp3) is 0.371. The van der Waals surface area contributed by atoms with Crippen LogP contribution in [-0.4, -0.2) is 108 Å². The Morgan fingerprint density at radius 3 is 1.44 bits per heavy atom. The zero-order valence-electron chi connectivity index (χ0n) is 28.8. The number of fused-ring (bicyclic) bond motifs is 2. The molecule has 268 valence electrons. The Morgan fingerprint density at radius 2 is 0.960 bits per heavy atom. The molecule has 2 heterocycles. The third-order valence-corrected chi connectivity index (χ3v) is 7.19. The van der Waals surface area contributed by atoms with Crippen LogP contribution in [0.25, 0.3) is 21.8 Å². The molecule has 0 unspecified atom stereocenters. The average Bonchev–Trinajstić information content (AvgIpc) is 3.13. The first-order valence-corrected chi connectivity index (χ1v) is 16.0. The van der Waals surface area contributed by atoms with Crippen molar-refractivity contribution in [3.05, 3.63) is 66.3 Å². The van der Waals surface area contributed by atoms with Crippen LogP contribution in [0.3, 0.4) is 0 Å². The maximum atomic E-state index is 6.08. The van der Waals surface area contributed by atoms with Gasteiger partial charge < -0.3 is 47.9 Å². The standard InChI is InChI=1S/C21H25N3O5.C14H17ClN2O4/c1-25-8-10-28-19-12-17-18(13-20(19)29-11-9-26-2)22-14-23-21(17)24-15-4-6-16(27-3)7-5-15;1-18-3-5-20-12-7-10-11(16-9-17-14(10)15)8-13(12)21-6-4-19-2/h4-7,12-14H,8-11H2,1-3H3,(H,22,23,24);7-9H,3-6H2,1-2H3. The van der Waals surface area contributed by atoms with Gasteiger partial charge in [-0.05, 0) is 36.4 Å². The van der Waals surface area contributed by atoms with Gasteiger partial charge in [0.15, 0.2) is 23.0 Å². The topological polar surface area (TPSA) is 147 Å². The lowest BCUT2D eigenvalue weighted by atomic mass is 10.2. The van der Waals surface area contributed by atoms with Gasteiger partial charge in [-0.2, -0.15) is 0 Å². The van der Waals surface area contributed by atoms with Crippen molar-refractivity contribution < 1.29 is 42.6 Å². The molecule has 0 bridgehead atoms. The molecule has 0 amide bonds. The fourth-order valence-electron chi connectivity index (χ4n) is 4.40. The first-order valence-electron chi connectivity index (χ1n) is 15.6. The fourth-order valence-corrected chi connectivity index (χ4v) is 4.59. The van der Waals surface area contributed by atoms with Gasteiger partial charge in [0.25, 0.3) is 0 Å². The van der Waals surface area contributed by atoms with Gasteiger partial charge in [-0.25, -0.2) is 19.9 Å². The van der Waals surface area contributed by atoms with E-state index in [0.717, 1.165) is 22.3 Å². The zero-order chi connectivity index (χ0) is 35.6. The van der Waals surface area contributed by atoms with Gasteiger partial charge in [0.2, 0.25) is 0 Å². The predicted octanol–water partition coefficient (Wildman–Crippen LogP) is 5.77. The van der Waals surface area contributed by atoms with Crippen molar-refractivity contribution in [1.29, 1.82) is 0 Å². The molecule has 0 radical (unpaired) electrons. The molecule has 0 saturated carbocycles. The molecule has 50 heavy (non-hydrogen) atoms. The normalized spacial score (nSPS) is 10.8. The lowest BCUT2D eigenvalue weighted by Gasteiger charge is -2.15. The molecule has 1 N–H and O–H groups in total. The Morgan fingerprint density at radius 1 is 0.520 bits per heavy atom. The molecule has 5 rings (SSSR count). The highest BCUT2D eigenvalue weighted by Crippen LogP contribution is 2.36. The monoisotopic (exact) mass is 711 g/mol. The second kappa shape index (κ2) is 20.7. The molecule has 0 aliphatic carbocycles. The molecule has 0 saturated heterocycles. The summed E-state index contributed by atoms with van der Waals surface area (Å²) in [5, 5.41) is 5.22. The van der Waals surface area contributed by atoms with Crippen LogP contribution >= 0.6 is 11.6 Å². The van der Waals surface area contributed by atoms with E-state index in [1.165, 1.54) is 12.7 Å². The number of halogens is 1. The zero-order valence-corrected chi connectivity index (χ0v) is 29.5. The Bertz CT molecular complexity index is 1770. The molecule has 14 nitrogen and oxygen atoms in total. The van der Waals surface area contributed by atoms with Gasteiger partial charge in [-0.1, -0.05) is 11.6 Å². The molecule has 0 aliphatic rings. The summed E-state index contributed by atoms with van der Waals surface area (Å²) in [4.78, 5) is 16.9. The predicted molar refractivity (Wildman–Crippen MR) is 190 cm³/mol. The summed E-state index contributed by atoms with van der Waals surface area (Å²) in [6.45, 7) is 3.55. The lowest BCUT2D eigenvalue weighted by molar-refractivity contribution is 0.132. The summed E-state index contributed by atoms with van der Waals surface area (Å²) in [5.74, 6) is 3.81. The second-order valence-electron chi connectivity index (χ2n) is 10.2. The molecular weight excluding hydrogens is 670 g/mol. The van der Waals surface area contributed by atoms with E-state index in [2.05, 4.69) is 25.3 Å². The maximum Gasteiger partial charge on any atom is 0.163 e. The van der Waals surface area contributed by atoms with E-state index in [4.69, 9.17) is 54.2 Å². The van der Waals surface area contributed by atoms with Crippen molar-refractivity contribution in [3.8, 4) is 28.7 Å². The summed E-state index contributed by atoms with van der Waals surface area (Å²) < 4.78 is 48.3. The van der Waals surface area contributed by atoms with Crippen molar-refractivity contribution in [1.82, 2.24) is 19.9 Å². The van der Waals surface area contributed by atoms with E-state index < -0.39 is 0 Å². The van der Waals surface area contributed by atoms with Crippen LogP contribution in [0.1, 0.15) is 0 Å². The molecule has 3 aromatic carbocycles. The van der Waals surface area contributed by atoms with Gasteiger partial charge in [0.1, 0.15) is 55.8 Å². The molecule has 0 aliphatic heterocycles. The van der Waals surface area contributed by atoms with E-state index in [1.54, 1.807) is 47.7 Å². The largest absolute Gasteiger partial charge is 0.497 e. The Labute approximate surface area is 295 Å². The summed E-state index contributed by atoms with van der Waals surface area (Å²) in [7, 11) is 8.13. The number of rotatable bonds is 19. The highest BCUT2D eigenvalue weighted by Gasteiger charge is 2.14. The number of ether oxygens (including phenoxy) is 9. The van der Waals surface area contributed by atoms with Gasteiger partial charge >= 0.3 is 0 Å². The van der Waals surface area contributed by atoms with E-state index >= 15 is 0 Å². The minimum absolute atomic E-state index is 0.375. The van der Waals surface area contributed by atoms with Crippen molar-refractivity contribution >= 4 is 44.9 Å². The highest BCUT2D eigenvalue weighted by molar-refractivity contribution is 6.34. The van der Waals surface area contributed by atoms with Crippen LogP contribution in [0, 0.1) is 0 Å². The number of hydrogen-bond acceptors (Lipinski definition) is 14. The second-order valence-corrected chi connectivity index (χ2v) is 10.6. The van der Waals surface area contributed by atoms with Crippen LogP contribution in [0.15, 0.2) is 61.2 Å². The third kappa shape index (κ3) is 11.1. The first kappa shape index (κ1) is 38.1. The van der Waals surface area contributed by atoms with Crippen LogP contribution in [0.4, 0.5) is 11.5 Å². The third-order valence-electron chi connectivity index (χ3n) is 6.89. The average molecular weight is 712 g/mol. The highest BCUT2D eigenvalue weighted by atomic mass is 35.5. The molecule has 0 spiro atoms.